The van der Waals surface area contributed by atoms with Crippen LogP contribution in [0.15, 0.2) is 158 Å². The molecule has 10 rings (SSSR count). The third kappa shape index (κ3) is 5.50. The second kappa shape index (κ2) is 12.5. The number of aromatic nitrogens is 2. The van der Waals surface area contributed by atoms with Crippen molar-refractivity contribution in [3.05, 3.63) is 180 Å². The maximum Gasteiger partial charge on any atom is 0.0788 e. The lowest BCUT2D eigenvalue weighted by molar-refractivity contribution is 1.38. The lowest BCUT2D eigenvalue weighted by Gasteiger charge is -2.14. The topological polar surface area (TPSA) is 25.8 Å². The summed E-state index contributed by atoms with van der Waals surface area (Å²) in [6.07, 6.45) is 0. The molecule has 256 valence electrons. The molecule has 8 aromatic carbocycles. The summed E-state index contributed by atoms with van der Waals surface area (Å²) in [5.74, 6) is 0. The molecule has 2 aromatic heterocycles. The molecule has 2 heteroatoms. The molecule has 0 saturated heterocycles. The maximum absolute atomic E-state index is 5.40. The molecule has 0 aliphatic heterocycles. The van der Waals surface area contributed by atoms with E-state index in [-0.39, 0.29) is 0 Å². The Kier molecular flexibility index (Phi) is 7.42. The van der Waals surface area contributed by atoms with Crippen molar-refractivity contribution < 1.29 is 0 Å². The molecular weight excluding hydrogens is 653 g/mol. The third-order valence-electron chi connectivity index (χ3n) is 10.9. The van der Waals surface area contributed by atoms with Crippen LogP contribution < -0.4 is 0 Å². The Bertz CT molecular complexity index is 2900. The molecule has 0 aliphatic rings. The van der Waals surface area contributed by atoms with E-state index in [9.17, 15) is 0 Å². The quantitative estimate of drug-likeness (QED) is 0.172. The van der Waals surface area contributed by atoms with E-state index in [2.05, 4.69) is 185 Å². The fourth-order valence-electron chi connectivity index (χ4n) is 8.50. The first-order valence-corrected chi connectivity index (χ1v) is 18.7. The Morgan fingerprint density at radius 2 is 0.667 bits per heavy atom. The van der Waals surface area contributed by atoms with Gasteiger partial charge >= 0.3 is 0 Å². The van der Waals surface area contributed by atoms with Gasteiger partial charge in [-0.15, -0.1) is 0 Å². The van der Waals surface area contributed by atoms with Crippen LogP contribution in [0, 0.1) is 27.7 Å². The van der Waals surface area contributed by atoms with E-state index in [0.29, 0.717) is 0 Å². The minimum Gasteiger partial charge on any atom is -0.247 e. The highest BCUT2D eigenvalue weighted by Crippen LogP contribution is 2.38. The van der Waals surface area contributed by atoms with Crippen LogP contribution in [-0.2, 0) is 0 Å². The third-order valence-corrected chi connectivity index (χ3v) is 10.9. The summed E-state index contributed by atoms with van der Waals surface area (Å²) in [4.78, 5) is 10.8. The lowest BCUT2D eigenvalue weighted by atomic mass is 9.94. The molecule has 0 saturated carbocycles. The molecule has 10 aromatic rings. The number of hydrogen-bond donors (Lipinski definition) is 0. The fourth-order valence-corrected chi connectivity index (χ4v) is 8.50. The van der Waals surface area contributed by atoms with Gasteiger partial charge in [0.15, 0.2) is 0 Å². The molecule has 0 aliphatic carbocycles. The Labute approximate surface area is 315 Å². The SMILES string of the molecule is Cc1cc(C)cc(-c2ccc3ccc4ccc(-c5ccc(-c6ccc7ccc8ccc(-c9cc(C)cc(C)c9)cc8c7n6)c6ccccc56)nc4c3c2)c1. The second-order valence-electron chi connectivity index (χ2n) is 15.0. The van der Waals surface area contributed by atoms with Crippen molar-refractivity contribution in [2.75, 3.05) is 0 Å². The molecule has 0 N–H and O–H groups in total. The van der Waals surface area contributed by atoms with Crippen LogP contribution >= 0.6 is 0 Å². The van der Waals surface area contributed by atoms with Crippen molar-refractivity contribution in [2.45, 2.75) is 27.7 Å². The summed E-state index contributed by atoms with van der Waals surface area (Å²) < 4.78 is 0. The summed E-state index contributed by atoms with van der Waals surface area (Å²) in [5.41, 5.74) is 16.2. The highest BCUT2D eigenvalue weighted by molar-refractivity contribution is 6.10. The van der Waals surface area contributed by atoms with Crippen LogP contribution in [0.5, 0.6) is 0 Å². The lowest BCUT2D eigenvalue weighted by Crippen LogP contribution is -1.92. The van der Waals surface area contributed by atoms with E-state index in [0.717, 1.165) is 55.1 Å². The molecular formula is C52H38N2. The normalized spacial score (nSPS) is 11.7. The summed E-state index contributed by atoms with van der Waals surface area (Å²) in [6.45, 7) is 8.66. The fraction of sp³-hybridized carbons (Fsp3) is 0.0769. The predicted molar refractivity (Wildman–Crippen MR) is 230 cm³/mol. The first-order valence-electron chi connectivity index (χ1n) is 18.7. The van der Waals surface area contributed by atoms with Crippen molar-refractivity contribution in [3.8, 4) is 44.8 Å². The van der Waals surface area contributed by atoms with Crippen LogP contribution in [0.25, 0.3) is 98.9 Å². The van der Waals surface area contributed by atoms with Crippen molar-refractivity contribution in [2.24, 2.45) is 0 Å². The number of benzene rings is 8. The van der Waals surface area contributed by atoms with Gasteiger partial charge in [-0.1, -0.05) is 156 Å². The summed E-state index contributed by atoms with van der Waals surface area (Å²) >= 11 is 0. The van der Waals surface area contributed by atoms with Crippen LogP contribution in [0.4, 0.5) is 0 Å². The van der Waals surface area contributed by atoms with Crippen molar-refractivity contribution in [1.29, 1.82) is 0 Å². The molecule has 2 nitrogen and oxygen atoms in total. The van der Waals surface area contributed by atoms with Gasteiger partial charge in [0.2, 0.25) is 0 Å². The number of pyridine rings is 2. The Hall–Kier alpha value is -6.64. The van der Waals surface area contributed by atoms with Crippen LogP contribution in [0.1, 0.15) is 22.3 Å². The number of aryl methyl sites for hydroxylation is 4. The maximum atomic E-state index is 5.40. The van der Waals surface area contributed by atoms with Gasteiger partial charge in [-0.2, -0.15) is 0 Å². The van der Waals surface area contributed by atoms with Gasteiger partial charge in [-0.05, 0) is 95.8 Å². The Balaban J connectivity index is 1.11. The predicted octanol–water partition coefficient (Wildman–Crippen LogP) is 14.1. The zero-order valence-corrected chi connectivity index (χ0v) is 30.9. The molecule has 54 heavy (non-hydrogen) atoms. The zero-order valence-electron chi connectivity index (χ0n) is 30.9. The van der Waals surface area contributed by atoms with Gasteiger partial charge < -0.3 is 0 Å². The minimum atomic E-state index is 0.964. The molecule has 0 radical (unpaired) electrons. The molecule has 0 atom stereocenters. The van der Waals surface area contributed by atoms with Crippen LogP contribution in [-0.4, -0.2) is 9.97 Å². The highest BCUT2D eigenvalue weighted by Gasteiger charge is 2.15. The number of hydrogen-bond acceptors (Lipinski definition) is 2. The van der Waals surface area contributed by atoms with Gasteiger partial charge in [0.25, 0.3) is 0 Å². The zero-order chi connectivity index (χ0) is 36.5. The minimum absolute atomic E-state index is 0.964. The largest absolute Gasteiger partial charge is 0.247 e. The smallest absolute Gasteiger partial charge is 0.0788 e. The number of fused-ring (bicyclic) bond motifs is 7. The van der Waals surface area contributed by atoms with Gasteiger partial charge in [-0.3, -0.25) is 0 Å². The van der Waals surface area contributed by atoms with Gasteiger partial charge in [0, 0.05) is 32.7 Å². The molecule has 0 amide bonds. The van der Waals surface area contributed by atoms with E-state index < -0.39 is 0 Å². The van der Waals surface area contributed by atoms with E-state index in [1.165, 1.54) is 66.1 Å². The molecule has 0 spiro atoms. The molecule has 0 unspecified atom stereocenters. The summed E-state index contributed by atoms with van der Waals surface area (Å²) in [6, 6.07) is 57.7. The van der Waals surface area contributed by atoms with Crippen molar-refractivity contribution >= 4 is 54.1 Å². The van der Waals surface area contributed by atoms with E-state index in [1.54, 1.807) is 0 Å². The first kappa shape index (κ1) is 32.0. The molecule has 2 heterocycles. The average molecular weight is 691 g/mol. The van der Waals surface area contributed by atoms with Crippen molar-refractivity contribution in [3.63, 3.8) is 0 Å². The Morgan fingerprint density at radius 3 is 1.09 bits per heavy atom. The van der Waals surface area contributed by atoms with Crippen LogP contribution in [0.2, 0.25) is 0 Å². The first-order chi connectivity index (χ1) is 26.3. The summed E-state index contributed by atoms with van der Waals surface area (Å²) in [5, 5.41) is 9.31. The van der Waals surface area contributed by atoms with Gasteiger partial charge in [-0.25, -0.2) is 9.97 Å². The van der Waals surface area contributed by atoms with E-state index in [1.807, 2.05) is 0 Å². The van der Waals surface area contributed by atoms with Gasteiger partial charge in [0.05, 0.1) is 22.4 Å². The van der Waals surface area contributed by atoms with Crippen molar-refractivity contribution in [1.82, 2.24) is 9.97 Å². The van der Waals surface area contributed by atoms with E-state index in [4.69, 9.17) is 9.97 Å². The van der Waals surface area contributed by atoms with Crippen LogP contribution in [0.3, 0.4) is 0 Å². The second-order valence-corrected chi connectivity index (χ2v) is 15.0. The highest BCUT2D eigenvalue weighted by atomic mass is 14.7. The molecule has 0 fully saturated rings. The van der Waals surface area contributed by atoms with E-state index >= 15 is 0 Å². The monoisotopic (exact) mass is 690 g/mol. The average Bonchev–Trinajstić information content (AvgIpc) is 3.19. The Morgan fingerprint density at radius 1 is 0.296 bits per heavy atom. The standard InChI is InChI=1S/C52H38N2/c1-31-23-32(2)26-41(25-31)39-15-11-35-9-13-37-17-21-49(53-51(37)47(35)29-39)45-19-20-46(44-8-6-5-7-43(44)45)50-22-18-38-14-10-36-12-16-40(30-48(36)52(38)54-50)42-27-33(3)24-34(4)28-42/h5-30H,1-4H3. The molecule has 0 bridgehead atoms. The summed E-state index contributed by atoms with van der Waals surface area (Å²) in [7, 11) is 0. The number of nitrogens with zero attached hydrogens (tertiary/aromatic N) is 2. The number of rotatable bonds is 4. The van der Waals surface area contributed by atoms with Gasteiger partial charge in [0.1, 0.15) is 0 Å².